The summed E-state index contributed by atoms with van der Waals surface area (Å²) >= 11 is 0. The summed E-state index contributed by atoms with van der Waals surface area (Å²) in [5, 5.41) is 9.11. The number of carboxylic acid groups (broad SMARTS) is 1. The van der Waals surface area contributed by atoms with E-state index in [4.69, 9.17) is 5.11 Å². The third-order valence-corrected chi connectivity index (χ3v) is 3.10. The number of rotatable bonds is 5. The Balaban J connectivity index is 2.10. The van der Waals surface area contributed by atoms with Crippen LogP contribution in [0.25, 0.3) is 10.9 Å². The largest absolute Gasteiger partial charge is 0.480 e. The molecule has 0 bridgehead atoms. The Morgan fingerprint density at radius 2 is 2.05 bits per heavy atom. The van der Waals surface area contributed by atoms with Crippen LogP contribution >= 0.6 is 0 Å². The van der Waals surface area contributed by atoms with Gasteiger partial charge in [0.25, 0.3) is 5.56 Å². The van der Waals surface area contributed by atoms with Crippen LogP contribution in [0.3, 0.4) is 0 Å². The fourth-order valence-electron chi connectivity index (χ4n) is 1.96. The van der Waals surface area contributed by atoms with E-state index in [-0.39, 0.29) is 31.0 Å². The number of likely N-dealkylation sites (N-methyl/N-ethyl adjacent to an activating group) is 1. The van der Waals surface area contributed by atoms with Crippen LogP contribution in [0.2, 0.25) is 0 Å². The molecule has 7 nitrogen and oxygen atoms in total. The van der Waals surface area contributed by atoms with E-state index >= 15 is 0 Å². The van der Waals surface area contributed by atoms with Gasteiger partial charge in [-0.1, -0.05) is 12.1 Å². The molecule has 110 valence electrons. The summed E-state index contributed by atoms with van der Waals surface area (Å²) in [4.78, 5) is 39.7. The van der Waals surface area contributed by atoms with Crippen molar-refractivity contribution in [2.75, 3.05) is 13.6 Å². The summed E-state index contributed by atoms with van der Waals surface area (Å²) in [6.45, 7) is -0.191. The Morgan fingerprint density at radius 1 is 1.33 bits per heavy atom. The lowest BCUT2D eigenvalue weighted by Gasteiger charge is -2.14. The highest BCUT2D eigenvalue weighted by Gasteiger charge is 2.12. The van der Waals surface area contributed by atoms with Crippen molar-refractivity contribution >= 4 is 22.8 Å². The lowest BCUT2D eigenvalue weighted by Crippen LogP contribution is -2.33. The Labute approximate surface area is 120 Å². The fraction of sp³-hybridized carbons (Fsp3) is 0.286. The van der Waals surface area contributed by atoms with Crippen molar-refractivity contribution in [2.24, 2.45) is 0 Å². The average Bonchev–Trinajstić information content (AvgIpc) is 2.46. The summed E-state index contributed by atoms with van der Waals surface area (Å²) in [7, 11) is 1.41. The molecule has 0 saturated heterocycles. The number of fused-ring (bicyclic) bond motifs is 1. The number of aryl methyl sites for hydroxylation is 1. The summed E-state index contributed by atoms with van der Waals surface area (Å²) in [5.74, 6) is -1.41. The second-order valence-corrected chi connectivity index (χ2v) is 4.65. The van der Waals surface area contributed by atoms with Gasteiger partial charge in [-0.3, -0.25) is 19.0 Å². The topological polar surface area (TPSA) is 92.5 Å². The SMILES string of the molecule is CN(CC(=O)O)C(=O)CCn1cnc2ccccc2c1=O. The van der Waals surface area contributed by atoms with Crippen molar-refractivity contribution in [3.8, 4) is 0 Å². The first-order valence-corrected chi connectivity index (χ1v) is 6.39. The van der Waals surface area contributed by atoms with E-state index in [1.54, 1.807) is 24.3 Å². The number of hydrogen-bond donors (Lipinski definition) is 1. The van der Waals surface area contributed by atoms with Crippen molar-refractivity contribution in [1.29, 1.82) is 0 Å². The number of carbonyl (C=O) groups excluding carboxylic acids is 1. The van der Waals surface area contributed by atoms with E-state index in [1.807, 2.05) is 0 Å². The molecule has 21 heavy (non-hydrogen) atoms. The van der Waals surface area contributed by atoms with Crippen molar-refractivity contribution < 1.29 is 14.7 Å². The van der Waals surface area contributed by atoms with Crippen LogP contribution in [0.4, 0.5) is 0 Å². The molecule has 1 aromatic heterocycles. The summed E-state index contributed by atoms with van der Waals surface area (Å²) in [6, 6.07) is 6.97. The van der Waals surface area contributed by atoms with Gasteiger partial charge in [-0.15, -0.1) is 0 Å². The second kappa shape index (κ2) is 6.17. The highest BCUT2D eigenvalue weighted by Crippen LogP contribution is 2.05. The van der Waals surface area contributed by atoms with Gasteiger partial charge in [-0.2, -0.15) is 0 Å². The van der Waals surface area contributed by atoms with Crippen LogP contribution in [0.15, 0.2) is 35.4 Å². The predicted molar refractivity (Wildman–Crippen MR) is 75.9 cm³/mol. The van der Waals surface area contributed by atoms with Gasteiger partial charge in [0, 0.05) is 20.0 Å². The van der Waals surface area contributed by atoms with Crippen LogP contribution in [0.5, 0.6) is 0 Å². The Bertz CT molecular complexity index is 738. The predicted octanol–water partition coefficient (Wildman–Crippen LogP) is 0.330. The maximum Gasteiger partial charge on any atom is 0.323 e. The quantitative estimate of drug-likeness (QED) is 0.856. The van der Waals surface area contributed by atoms with Crippen molar-refractivity contribution in [3.63, 3.8) is 0 Å². The fourth-order valence-corrected chi connectivity index (χ4v) is 1.96. The van der Waals surface area contributed by atoms with Gasteiger partial charge in [0.1, 0.15) is 6.54 Å². The van der Waals surface area contributed by atoms with Crippen LogP contribution in [0.1, 0.15) is 6.42 Å². The minimum atomic E-state index is -1.07. The third-order valence-electron chi connectivity index (χ3n) is 3.10. The van der Waals surface area contributed by atoms with Crippen LogP contribution < -0.4 is 5.56 Å². The zero-order valence-electron chi connectivity index (χ0n) is 11.5. The lowest BCUT2D eigenvalue weighted by atomic mass is 10.2. The lowest BCUT2D eigenvalue weighted by molar-refractivity contribution is -0.143. The molecular formula is C14H15N3O4. The second-order valence-electron chi connectivity index (χ2n) is 4.65. The monoisotopic (exact) mass is 289 g/mol. The van der Waals surface area contributed by atoms with E-state index < -0.39 is 5.97 Å². The zero-order chi connectivity index (χ0) is 15.4. The standard InChI is InChI=1S/C14H15N3O4/c1-16(8-13(19)20)12(18)6-7-17-9-15-11-5-3-2-4-10(11)14(17)21/h2-5,9H,6-8H2,1H3,(H,19,20). The molecule has 7 heteroatoms. The highest BCUT2D eigenvalue weighted by molar-refractivity contribution is 5.81. The molecule has 0 aliphatic rings. The number of carbonyl (C=O) groups is 2. The number of amides is 1. The van der Waals surface area contributed by atoms with E-state index in [9.17, 15) is 14.4 Å². The number of carboxylic acids is 1. The Kier molecular flexibility index (Phi) is 4.32. The molecule has 1 amide bonds. The van der Waals surface area contributed by atoms with Gasteiger partial charge >= 0.3 is 5.97 Å². The summed E-state index contributed by atoms with van der Waals surface area (Å²) in [5.41, 5.74) is 0.391. The van der Waals surface area contributed by atoms with Crippen LogP contribution in [-0.4, -0.2) is 45.0 Å². The third kappa shape index (κ3) is 3.44. The van der Waals surface area contributed by atoms with Crippen molar-refractivity contribution in [2.45, 2.75) is 13.0 Å². The number of aliphatic carboxylic acids is 1. The zero-order valence-corrected chi connectivity index (χ0v) is 11.5. The Hall–Kier alpha value is -2.70. The first kappa shape index (κ1) is 14.7. The first-order valence-electron chi connectivity index (χ1n) is 6.39. The Morgan fingerprint density at radius 3 is 2.76 bits per heavy atom. The van der Waals surface area contributed by atoms with Gasteiger partial charge in [0.15, 0.2) is 0 Å². The molecule has 2 aromatic rings. The molecule has 1 heterocycles. The van der Waals surface area contributed by atoms with Crippen molar-refractivity contribution in [1.82, 2.24) is 14.5 Å². The molecule has 1 N–H and O–H groups in total. The van der Waals surface area contributed by atoms with E-state index in [1.165, 1.54) is 17.9 Å². The molecule has 0 fully saturated rings. The molecule has 1 aromatic carbocycles. The molecule has 0 aliphatic heterocycles. The normalized spacial score (nSPS) is 10.5. The maximum absolute atomic E-state index is 12.2. The first-order chi connectivity index (χ1) is 9.99. The van der Waals surface area contributed by atoms with Gasteiger partial charge in [-0.25, -0.2) is 4.98 Å². The minimum Gasteiger partial charge on any atom is -0.480 e. The van der Waals surface area contributed by atoms with Gasteiger partial charge in [-0.05, 0) is 12.1 Å². The number of nitrogens with zero attached hydrogens (tertiary/aromatic N) is 3. The van der Waals surface area contributed by atoms with E-state index in [0.717, 1.165) is 4.90 Å². The van der Waals surface area contributed by atoms with E-state index in [0.29, 0.717) is 10.9 Å². The molecular weight excluding hydrogens is 274 g/mol. The minimum absolute atomic E-state index is 0.0453. The smallest absolute Gasteiger partial charge is 0.323 e. The molecule has 0 atom stereocenters. The van der Waals surface area contributed by atoms with Crippen LogP contribution in [0, 0.1) is 0 Å². The highest BCUT2D eigenvalue weighted by atomic mass is 16.4. The number of aromatic nitrogens is 2. The van der Waals surface area contributed by atoms with Gasteiger partial charge in [0.05, 0.1) is 17.2 Å². The summed E-state index contributed by atoms with van der Waals surface area (Å²) in [6.07, 6.45) is 1.44. The van der Waals surface area contributed by atoms with Gasteiger partial charge in [0.2, 0.25) is 5.91 Å². The van der Waals surface area contributed by atoms with E-state index in [2.05, 4.69) is 4.98 Å². The molecule has 0 unspecified atom stereocenters. The molecule has 2 rings (SSSR count). The summed E-state index contributed by atoms with van der Waals surface area (Å²) < 4.78 is 1.36. The molecule has 0 saturated carbocycles. The number of hydrogen-bond acceptors (Lipinski definition) is 4. The van der Waals surface area contributed by atoms with Gasteiger partial charge < -0.3 is 10.0 Å². The van der Waals surface area contributed by atoms with Crippen molar-refractivity contribution in [3.05, 3.63) is 40.9 Å². The maximum atomic E-state index is 12.2. The number of para-hydroxylation sites is 1. The molecule has 0 spiro atoms. The van der Waals surface area contributed by atoms with Crippen LogP contribution in [-0.2, 0) is 16.1 Å². The average molecular weight is 289 g/mol. The number of benzene rings is 1. The molecule has 0 aliphatic carbocycles. The molecule has 0 radical (unpaired) electrons.